The molecular formula is C16H18N4S. The first-order chi connectivity index (χ1) is 10.2. The van der Waals surface area contributed by atoms with E-state index in [9.17, 15) is 0 Å². The SMILES string of the molecule is Cc1nnc(SCC(N)c2cccc3ccccc23)n1C. The predicted molar refractivity (Wildman–Crippen MR) is 87.3 cm³/mol. The van der Waals surface area contributed by atoms with Gasteiger partial charge in [0, 0.05) is 18.8 Å². The lowest BCUT2D eigenvalue weighted by Gasteiger charge is -2.14. The molecule has 0 aliphatic rings. The van der Waals surface area contributed by atoms with E-state index < -0.39 is 0 Å². The number of hydrogen-bond donors (Lipinski definition) is 1. The lowest BCUT2D eigenvalue weighted by Crippen LogP contribution is -2.14. The Morgan fingerprint density at radius 2 is 1.90 bits per heavy atom. The van der Waals surface area contributed by atoms with Gasteiger partial charge in [-0.3, -0.25) is 0 Å². The van der Waals surface area contributed by atoms with Gasteiger partial charge in [-0.2, -0.15) is 0 Å². The van der Waals surface area contributed by atoms with Crippen molar-refractivity contribution in [3.05, 3.63) is 53.9 Å². The molecule has 0 amide bonds. The summed E-state index contributed by atoms with van der Waals surface area (Å²) in [5, 5.41) is 11.6. The van der Waals surface area contributed by atoms with Gasteiger partial charge in [-0.25, -0.2) is 0 Å². The topological polar surface area (TPSA) is 56.7 Å². The quantitative estimate of drug-likeness (QED) is 0.752. The van der Waals surface area contributed by atoms with Crippen LogP contribution in [0, 0.1) is 6.92 Å². The van der Waals surface area contributed by atoms with E-state index in [4.69, 9.17) is 5.73 Å². The summed E-state index contributed by atoms with van der Waals surface area (Å²) in [5.41, 5.74) is 7.57. The Balaban J connectivity index is 1.81. The largest absolute Gasteiger partial charge is 0.323 e. The number of aryl methyl sites for hydroxylation is 1. The van der Waals surface area contributed by atoms with Crippen LogP contribution in [0.15, 0.2) is 47.6 Å². The monoisotopic (exact) mass is 298 g/mol. The molecule has 1 heterocycles. The molecule has 0 saturated heterocycles. The van der Waals surface area contributed by atoms with Crippen LogP contribution in [0.1, 0.15) is 17.4 Å². The second-order valence-electron chi connectivity index (χ2n) is 5.07. The maximum absolute atomic E-state index is 6.39. The number of rotatable bonds is 4. The normalized spacial score (nSPS) is 12.7. The van der Waals surface area contributed by atoms with Crippen LogP contribution in [-0.2, 0) is 7.05 Å². The van der Waals surface area contributed by atoms with Crippen molar-refractivity contribution < 1.29 is 0 Å². The van der Waals surface area contributed by atoms with E-state index in [0.717, 1.165) is 16.7 Å². The van der Waals surface area contributed by atoms with Crippen LogP contribution in [0.3, 0.4) is 0 Å². The second kappa shape index (κ2) is 5.87. The number of hydrogen-bond acceptors (Lipinski definition) is 4. The van der Waals surface area contributed by atoms with Crippen LogP contribution < -0.4 is 5.73 Å². The summed E-state index contributed by atoms with van der Waals surface area (Å²) < 4.78 is 1.99. The lowest BCUT2D eigenvalue weighted by molar-refractivity contribution is 0.760. The summed E-state index contributed by atoms with van der Waals surface area (Å²) in [4.78, 5) is 0. The molecule has 0 aliphatic carbocycles. The third-order valence-corrected chi connectivity index (χ3v) is 4.81. The molecule has 5 heteroatoms. The Hall–Kier alpha value is -1.85. The summed E-state index contributed by atoms with van der Waals surface area (Å²) in [7, 11) is 1.97. The van der Waals surface area contributed by atoms with Gasteiger partial charge in [0.25, 0.3) is 0 Å². The Morgan fingerprint density at radius 1 is 1.14 bits per heavy atom. The van der Waals surface area contributed by atoms with Gasteiger partial charge in [0.2, 0.25) is 0 Å². The highest BCUT2D eigenvalue weighted by molar-refractivity contribution is 7.99. The molecule has 1 unspecified atom stereocenters. The average molecular weight is 298 g/mol. The first kappa shape index (κ1) is 14.1. The van der Waals surface area contributed by atoms with Crippen molar-refractivity contribution in [1.29, 1.82) is 0 Å². The number of nitrogens with two attached hydrogens (primary N) is 1. The fourth-order valence-electron chi connectivity index (χ4n) is 2.34. The number of thioether (sulfide) groups is 1. The molecule has 0 bridgehead atoms. The van der Waals surface area contributed by atoms with Gasteiger partial charge in [-0.1, -0.05) is 54.2 Å². The molecule has 0 fully saturated rings. The van der Waals surface area contributed by atoms with Crippen molar-refractivity contribution in [2.24, 2.45) is 12.8 Å². The summed E-state index contributed by atoms with van der Waals surface area (Å²) >= 11 is 1.64. The molecule has 2 aromatic carbocycles. The number of aromatic nitrogens is 3. The Bertz CT molecular complexity index is 761. The van der Waals surface area contributed by atoms with Crippen molar-refractivity contribution >= 4 is 22.5 Å². The molecule has 1 atom stereocenters. The van der Waals surface area contributed by atoms with Gasteiger partial charge < -0.3 is 10.3 Å². The van der Waals surface area contributed by atoms with Gasteiger partial charge in [0.1, 0.15) is 5.82 Å². The standard InChI is InChI=1S/C16H18N4S/c1-11-18-19-16(20(11)2)21-10-15(17)14-9-5-7-12-6-3-4-8-13(12)14/h3-9,15H,10,17H2,1-2H3. The van der Waals surface area contributed by atoms with Crippen LogP contribution >= 0.6 is 11.8 Å². The molecule has 21 heavy (non-hydrogen) atoms. The molecule has 0 radical (unpaired) electrons. The van der Waals surface area contributed by atoms with Gasteiger partial charge in [0.15, 0.2) is 5.16 Å². The third-order valence-electron chi connectivity index (χ3n) is 3.67. The van der Waals surface area contributed by atoms with Crippen molar-refractivity contribution in [1.82, 2.24) is 14.8 Å². The third kappa shape index (κ3) is 2.80. The van der Waals surface area contributed by atoms with E-state index in [1.807, 2.05) is 18.5 Å². The number of fused-ring (bicyclic) bond motifs is 1. The molecule has 4 nitrogen and oxygen atoms in total. The molecule has 0 aliphatic heterocycles. The smallest absolute Gasteiger partial charge is 0.191 e. The minimum atomic E-state index is -0.0295. The molecule has 0 saturated carbocycles. The number of nitrogens with zero attached hydrogens (tertiary/aromatic N) is 3. The maximum Gasteiger partial charge on any atom is 0.191 e. The van der Waals surface area contributed by atoms with Crippen molar-refractivity contribution in [2.45, 2.75) is 18.1 Å². The fraction of sp³-hybridized carbons (Fsp3) is 0.250. The Kier molecular flexibility index (Phi) is 3.94. The van der Waals surface area contributed by atoms with E-state index in [1.54, 1.807) is 11.8 Å². The highest BCUT2D eigenvalue weighted by atomic mass is 32.2. The number of benzene rings is 2. The Labute approximate surface area is 128 Å². The van der Waals surface area contributed by atoms with Gasteiger partial charge in [0.05, 0.1) is 0 Å². The molecule has 2 N–H and O–H groups in total. The van der Waals surface area contributed by atoms with Gasteiger partial charge in [-0.15, -0.1) is 10.2 Å². The van der Waals surface area contributed by atoms with E-state index in [2.05, 4.69) is 52.7 Å². The summed E-state index contributed by atoms with van der Waals surface area (Å²) in [5.74, 6) is 1.69. The summed E-state index contributed by atoms with van der Waals surface area (Å²) in [6.45, 7) is 1.95. The van der Waals surface area contributed by atoms with E-state index >= 15 is 0 Å². The fourth-order valence-corrected chi connectivity index (χ4v) is 3.27. The highest BCUT2D eigenvalue weighted by Gasteiger charge is 2.12. The molecule has 3 aromatic rings. The first-order valence-electron chi connectivity index (χ1n) is 6.89. The van der Waals surface area contributed by atoms with Gasteiger partial charge >= 0.3 is 0 Å². The van der Waals surface area contributed by atoms with E-state index in [-0.39, 0.29) is 6.04 Å². The minimum absolute atomic E-state index is 0.0295. The zero-order valence-electron chi connectivity index (χ0n) is 12.2. The first-order valence-corrected chi connectivity index (χ1v) is 7.87. The second-order valence-corrected chi connectivity index (χ2v) is 6.06. The summed E-state index contributed by atoms with van der Waals surface area (Å²) in [6, 6.07) is 14.6. The molecule has 1 aromatic heterocycles. The van der Waals surface area contributed by atoms with Crippen LogP contribution in [0.5, 0.6) is 0 Å². The highest BCUT2D eigenvalue weighted by Crippen LogP contribution is 2.27. The zero-order valence-corrected chi connectivity index (χ0v) is 13.0. The molecule has 3 rings (SSSR count). The van der Waals surface area contributed by atoms with E-state index in [0.29, 0.717) is 0 Å². The summed E-state index contributed by atoms with van der Waals surface area (Å²) in [6.07, 6.45) is 0. The van der Waals surface area contributed by atoms with Crippen molar-refractivity contribution in [3.63, 3.8) is 0 Å². The predicted octanol–water partition coefficient (Wildman–Crippen LogP) is 3.07. The average Bonchev–Trinajstić information content (AvgIpc) is 2.84. The van der Waals surface area contributed by atoms with E-state index in [1.165, 1.54) is 16.3 Å². The van der Waals surface area contributed by atoms with Crippen LogP contribution in [0.25, 0.3) is 10.8 Å². The van der Waals surface area contributed by atoms with Crippen LogP contribution in [0.4, 0.5) is 0 Å². The molecule has 108 valence electrons. The van der Waals surface area contributed by atoms with Crippen molar-refractivity contribution in [2.75, 3.05) is 5.75 Å². The van der Waals surface area contributed by atoms with Crippen molar-refractivity contribution in [3.8, 4) is 0 Å². The Morgan fingerprint density at radius 3 is 2.67 bits per heavy atom. The maximum atomic E-state index is 6.39. The van der Waals surface area contributed by atoms with Gasteiger partial charge in [-0.05, 0) is 23.3 Å². The minimum Gasteiger partial charge on any atom is -0.323 e. The zero-order chi connectivity index (χ0) is 14.8. The lowest BCUT2D eigenvalue weighted by atomic mass is 10.0. The van der Waals surface area contributed by atoms with Crippen LogP contribution in [-0.4, -0.2) is 20.5 Å². The molecule has 0 spiro atoms. The van der Waals surface area contributed by atoms with Crippen LogP contribution in [0.2, 0.25) is 0 Å². The molecular weight excluding hydrogens is 280 g/mol.